The van der Waals surface area contributed by atoms with E-state index in [0.29, 0.717) is 19.0 Å². The van der Waals surface area contributed by atoms with E-state index in [0.717, 1.165) is 13.0 Å². The molecule has 0 radical (unpaired) electrons. The van der Waals surface area contributed by atoms with Gasteiger partial charge in [-0.3, -0.25) is 0 Å². The molecule has 0 aromatic heterocycles. The third-order valence-electron chi connectivity index (χ3n) is 3.77. The first-order valence-electron chi connectivity index (χ1n) is 6.98. The van der Waals surface area contributed by atoms with Crippen LogP contribution in [0.3, 0.4) is 0 Å². The molecule has 4 nitrogen and oxygen atoms in total. The molecule has 0 saturated carbocycles. The van der Waals surface area contributed by atoms with Crippen LogP contribution in [0, 0.1) is 6.92 Å². The molecule has 1 aliphatic heterocycles. The van der Waals surface area contributed by atoms with E-state index in [1.165, 1.54) is 19.1 Å². The average Bonchev–Trinajstić information content (AvgIpc) is 2.36. The van der Waals surface area contributed by atoms with Gasteiger partial charge in [-0.2, -0.15) is 13.2 Å². The second-order valence-electron chi connectivity index (χ2n) is 5.70. The van der Waals surface area contributed by atoms with Crippen LogP contribution in [0.1, 0.15) is 24.0 Å². The number of halogens is 3. The molecule has 2 rings (SSSR count). The van der Waals surface area contributed by atoms with E-state index in [1.807, 2.05) is 11.9 Å². The summed E-state index contributed by atoms with van der Waals surface area (Å²) in [5, 5.41) is 0. The molecule has 0 aliphatic carbocycles. The lowest BCUT2D eigenvalue weighted by molar-refractivity contribution is -0.138. The first kappa shape index (κ1) is 17.2. The van der Waals surface area contributed by atoms with Crippen molar-refractivity contribution in [3.05, 3.63) is 29.3 Å². The fourth-order valence-corrected chi connectivity index (χ4v) is 3.91. The molecule has 1 N–H and O–H groups in total. The average molecular weight is 336 g/mol. The molecular weight excluding hydrogens is 317 g/mol. The number of benzene rings is 1. The summed E-state index contributed by atoms with van der Waals surface area (Å²) in [7, 11) is -2.08. The molecule has 1 saturated heterocycles. The number of nitrogens with one attached hydrogen (secondary N) is 1. The molecule has 124 valence electrons. The van der Waals surface area contributed by atoms with E-state index in [1.54, 1.807) is 0 Å². The minimum atomic E-state index is -4.57. The first-order valence-corrected chi connectivity index (χ1v) is 8.46. The van der Waals surface area contributed by atoms with Crippen molar-refractivity contribution < 1.29 is 21.6 Å². The van der Waals surface area contributed by atoms with Crippen molar-refractivity contribution in [3.63, 3.8) is 0 Å². The van der Waals surface area contributed by atoms with Gasteiger partial charge in [0.2, 0.25) is 10.0 Å². The van der Waals surface area contributed by atoms with Crippen LogP contribution in [-0.2, 0) is 16.2 Å². The number of aryl methyl sites for hydroxylation is 1. The Balaban J connectivity index is 2.26. The molecule has 1 atom stereocenters. The molecule has 0 bridgehead atoms. The smallest absolute Gasteiger partial charge is 0.305 e. The van der Waals surface area contributed by atoms with E-state index in [9.17, 15) is 21.6 Å². The first-order chi connectivity index (χ1) is 10.1. The van der Waals surface area contributed by atoms with Crippen LogP contribution in [0.25, 0.3) is 0 Å². The van der Waals surface area contributed by atoms with Crippen molar-refractivity contribution >= 4 is 10.0 Å². The lowest BCUT2D eigenvalue weighted by Gasteiger charge is -2.30. The van der Waals surface area contributed by atoms with Crippen LogP contribution in [-0.4, -0.2) is 39.5 Å². The summed E-state index contributed by atoms with van der Waals surface area (Å²) in [4.78, 5) is 1.64. The van der Waals surface area contributed by atoms with Gasteiger partial charge in [0.25, 0.3) is 0 Å². The van der Waals surface area contributed by atoms with Crippen molar-refractivity contribution in [2.75, 3.05) is 20.1 Å². The van der Waals surface area contributed by atoms with Gasteiger partial charge in [-0.05, 0) is 51.1 Å². The van der Waals surface area contributed by atoms with Crippen LogP contribution in [0.4, 0.5) is 13.2 Å². The number of alkyl halides is 3. The summed E-state index contributed by atoms with van der Waals surface area (Å²) >= 11 is 0. The zero-order valence-electron chi connectivity index (χ0n) is 12.4. The Bertz CT molecular complexity index is 644. The summed E-state index contributed by atoms with van der Waals surface area (Å²) in [6.07, 6.45) is -3.03. The normalized spacial score (nSPS) is 21.0. The number of nitrogens with zero attached hydrogens (tertiary/aromatic N) is 1. The van der Waals surface area contributed by atoms with Crippen molar-refractivity contribution in [3.8, 4) is 0 Å². The van der Waals surface area contributed by atoms with E-state index in [-0.39, 0.29) is 16.5 Å². The van der Waals surface area contributed by atoms with Crippen LogP contribution in [0.15, 0.2) is 23.1 Å². The molecule has 0 amide bonds. The Morgan fingerprint density at radius 2 is 2.00 bits per heavy atom. The standard InChI is InChI=1S/C14H19F3N2O2S/c1-10-5-6-12(8-13(10)14(15,16)17)22(20,21)18-11-4-3-7-19(2)9-11/h5-6,8,11,18H,3-4,7,9H2,1-2H3/t11-/m0/s1. The van der Waals surface area contributed by atoms with Gasteiger partial charge in [0.15, 0.2) is 0 Å². The third-order valence-corrected chi connectivity index (χ3v) is 5.29. The minimum Gasteiger partial charge on any atom is -0.305 e. The number of hydrogen-bond acceptors (Lipinski definition) is 3. The molecule has 1 fully saturated rings. The van der Waals surface area contributed by atoms with E-state index in [2.05, 4.69) is 4.72 Å². The lowest BCUT2D eigenvalue weighted by Crippen LogP contribution is -2.46. The maximum absolute atomic E-state index is 12.9. The minimum absolute atomic E-state index is 0.00356. The van der Waals surface area contributed by atoms with E-state index >= 15 is 0 Å². The zero-order valence-corrected chi connectivity index (χ0v) is 13.3. The largest absolute Gasteiger partial charge is 0.416 e. The van der Waals surface area contributed by atoms with Gasteiger partial charge in [-0.15, -0.1) is 0 Å². The van der Waals surface area contributed by atoms with Gasteiger partial charge in [0.1, 0.15) is 0 Å². The predicted molar refractivity (Wildman–Crippen MR) is 77.0 cm³/mol. The highest BCUT2D eigenvalue weighted by molar-refractivity contribution is 7.89. The van der Waals surface area contributed by atoms with Gasteiger partial charge in [0.05, 0.1) is 10.5 Å². The Hall–Kier alpha value is -1.12. The molecule has 1 aliphatic rings. The summed E-state index contributed by atoms with van der Waals surface area (Å²) in [5.74, 6) is 0. The number of sulfonamides is 1. The monoisotopic (exact) mass is 336 g/mol. The topological polar surface area (TPSA) is 49.4 Å². The lowest BCUT2D eigenvalue weighted by atomic mass is 10.1. The highest BCUT2D eigenvalue weighted by Crippen LogP contribution is 2.33. The van der Waals surface area contributed by atoms with Crippen molar-refractivity contribution in [2.45, 2.75) is 36.9 Å². The Morgan fingerprint density at radius 1 is 1.32 bits per heavy atom. The Labute approximate surface area is 128 Å². The Morgan fingerprint density at radius 3 is 2.59 bits per heavy atom. The highest BCUT2D eigenvalue weighted by Gasteiger charge is 2.34. The van der Waals surface area contributed by atoms with Gasteiger partial charge in [-0.25, -0.2) is 13.1 Å². The van der Waals surface area contributed by atoms with Gasteiger partial charge in [-0.1, -0.05) is 6.07 Å². The second-order valence-corrected chi connectivity index (χ2v) is 7.41. The summed E-state index contributed by atoms with van der Waals surface area (Å²) < 4.78 is 65.8. The fourth-order valence-electron chi connectivity index (χ4n) is 2.62. The maximum Gasteiger partial charge on any atom is 0.416 e. The SMILES string of the molecule is Cc1ccc(S(=O)(=O)N[C@H]2CCCN(C)C2)cc1C(F)(F)F. The number of likely N-dealkylation sites (N-methyl/N-ethyl adjacent to an activating group) is 1. The summed E-state index contributed by atoms with van der Waals surface area (Å²) in [6.45, 7) is 2.75. The van der Waals surface area contributed by atoms with Crippen LogP contribution < -0.4 is 4.72 Å². The van der Waals surface area contributed by atoms with Crippen LogP contribution in [0.2, 0.25) is 0 Å². The van der Waals surface area contributed by atoms with E-state index in [4.69, 9.17) is 0 Å². The second kappa shape index (κ2) is 6.17. The van der Waals surface area contributed by atoms with Crippen LogP contribution >= 0.6 is 0 Å². The molecule has 1 heterocycles. The Kier molecular flexibility index (Phi) is 4.84. The third kappa shape index (κ3) is 3.99. The molecule has 1 aromatic rings. The predicted octanol–water partition coefficient (Wildman–Crippen LogP) is 2.39. The van der Waals surface area contributed by atoms with Crippen molar-refractivity contribution in [2.24, 2.45) is 0 Å². The maximum atomic E-state index is 12.9. The quantitative estimate of drug-likeness (QED) is 0.922. The zero-order chi connectivity index (χ0) is 16.5. The van der Waals surface area contributed by atoms with Gasteiger partial charge < -0.3 is 4.90 Å². The molecule has 8 heteroatoms. The number of rotatable bonds is 3. The number of likely N-dealkylation sites (tertiary alicyclic amines) is 1. The van der Waals surface area contributed by atoms with E-state index < -0.39 is 21.8 Å². The highest BCUT2D eigenvalue weighted by atomic mass is 32.2. The molecule has 0 unspecified atom stereocenters. The molecule has 1 aromatic carbocycles. The molecular formula is C14H19F3N2O2S. The van der Waals surface area contributed by atoms with Crippen LogP contribution in [0.5, 0.6) is 0 Å². The van der Waals surface area contributed by atoms with Crippen molar-refractivity contribution in [1.29, 1.82) is 0 Å². The molecule has 22 heavy (non-hydrogen) atoms. The fraction of sp³-hybridized carbons (Fsp3) is 0.571. The summed E-state index contributed by atoms with van der Waals surface area (Å²) in [6, 6.07) is 2.81. The summed E-state index contributed by atoms with van der Waals surface area (Å²) in [5.41, 5.74) is -0.917. The van der Waals surface area contributed by atoms with Gasteiger partial charge in [0, 0.05) is 12.6 Å². The molecule has 0 spiro atoms. The van der Waals surface area contributed by atoms with Crippen molar-refractivity contribution in [1.82, 2.24) is 9.62 Å². The number of piperidine rings is 1. The number of hydrogen-bond donors (Lipinski definition) is 1. The van der Waals surface area contributed by atoms with Gasteiger partial charge >= 0.3 is 6.18 Å².